The Kier molecular flexibility index (Phi) is 8.06. The minimum atomic E-state index is -4.49. The number of hydrogen-bond donors (Lipinski definition) is 1. The van der Waals surface area contributed by atoms with Crippen LogP contribution in [0.1, 0.15) is 42.1 Å². The molecule has 0 radical (unpaired) electrons. The summed E-state index contributed by atoms with van der Waals surface area (Å²) in [5, 5.41) is 6.55. The van der Waals surface area contributed by atoms with Gasteiger partial charge in [-0.2, -0.15) is 13.2 Å². The van der Waals surface area contributed by atoms with Crippen molar-refractivity contribution in [2.45, 2.75) is 44.7 Å². The second kappa shape index (κ2) is 11.7. The molecule has 218 valence electrons. The maximum absolute atomic E-state index is 13.2. The van der Waals surface area contributed by atoms with E-state index in [4.69, 9.17) is 14.0 Å². The van der Waals surface area contributed by atoms with E-state index in [0.29, 0.717) is 29.3 Å². The lowest BCUT2D eigenvalue weighted by Gasteiger charge is -2.14. The van der Waals surface area contributed by atoms with Gasteiger partial charge >= 0.3 is 18.2 Å². The summed E-state index contributed by atoms with van der Waals surface area (Å²) in [6.45, 7) is 3.57. The third-order valence-electron chi connectivity index (χ3n) is 7.35. The van der Waals surface area contributed by atoms with Crippen molar-refractivity contribution >= 4 is 17.7 Å². The Bertz CT molecular complexity index is 1570. The summed E-state index contributed by atoms with van der Waals surface area (Å²) in [5.41, 5.74) is 3.00. The molecular weight excluding hydrogens is 549 g/mol. The van der Waals surface area contributed by atoms with E-state index in [1.54, 1.807) is 13.8 Å². The number of rotatable bonds is 9. The van der Waals surface area contributed by atoms with Crippen LogP contribution in [0.5, 0.6) is 0 Å². The van der Waals surface area contributed by atoms with Crippen LogP contribution in [-0.2, 0) is 32.3 Å². The Balaban J connectivity index is 1.23. The van der Waals surface area contributed by atoms with E-state index in [-0.39, 0.29) is 24.6 Å². The van der Waals surface area contributed by atoms with Crippen molar-refractivity contribution in [3.05, 3.63) is 95.2 Å². The van der Waals surface area contributed by atoms with Crippen molar-refractivity contribution in [1.82, 2.24) is 5.16 Å². The van der Waals surface area contributed by atoms with E-state index >= 15 is 0 Å². The van der Waals surface area contributed by atoms with E-state index in [0.717, 1.165) is 35.6 Å². The van der Waals surface area contributed by atoms with Gasteiger partial charge in [-0.1, -0.05) is 71.9 Å². The number of nitrogens with zero attached hydrogens (tertiary/aromatic N) is 1. The minimum Gasteiger partial charge on any atom is -0.465 e. The number of alkyl halides is 3. The first-order chi connectivity index (χ1) is 20.1. The highest BCUT2D eigenvalue weighted by Gasteiger charge is 2.52. The maximum atomic E-state index is 13.2. The molecule has 7 nitrogen and oxygen atoms in total. The van der Waals surface area contributed by atoms with Gasteiger partial charge in [0.05, 0.1) is 24.2 Å². The number of ether oxygens (including phenoxy) is 2. The molecule has 1 heterocycles. The first-order valence-electron chi connectivity index (χ1n) is 13.6. The molecule has 0 atom stereocenters. The number of amides is 1. The summed E-state index contributed by atoms with van der Waals surface area (Å²) in [6.07, 6.45) is -3.85. The number of hydrogen-bond acceptors (Lipinski definition) is 6. The highest BCUT2D eigenvalue weighted by atomic mass is 19.4. The van der Waals surface area contributed by atoms with Crippen LogP contribution in [0.2, 0.25) is 0 Å². The fourth-order valence-corrected chi connectivity index (χ4v) is 4.92. The molecule has 0 spiro atoms. The number of aryl methyl sites for hydroxylation is 1. The zero-order chi connectivity index (χ0) is 29.9. The fraction of sp³-hybridized carbons (Fsp3) is 0.281. The molecule has 3 aromatic carbocycles. The molecule has 5 rings (SSSR count). The number of anilines is 1. The molecule has 1 fully saturated rings. The molecule has 0 unspecified atom stereocenters. The number of esters is 1. The van der Waals surface area contributed by atoms with Gasteiger partial charge in [0.15, 0.2) is 5.76 Å². The zero-order valence-electron chi connectivity index (χ0n) is 23.1. The van der Waals surface area contributed by atoms with E-state index in [1.165, 1.54) is 18.2 Å². The largest absolute Gasteiger partial charge is 0.465 e. The predicted octanol–water partition coefficient (Wildman–Crippen LogP) is 7.72. The van der Waals surface area contributed by atoms with Crippen LogP contribution in [0.25, 0.3) is 22.5 Å². The van der Waals surface area contributed by atoms with E-state index < -0.39 is 23.2 Å². The zero-order valence-corrected chi connectivity index (χ0v) is 23.1. The SMILES string of the molecule is CCOC(=O)C1(c2ccc(-c3ccc(-c4onc(C)c4NC(=O)OCCc4ccccc4C(F)(F)F)cc3)cc2)CC1. The minimum absolute atomic E-state index is 0.0421. The molecule has 10 heteroatoms. The van der Waals surface area contributed by atoms with Crippen molar-refractivity contribution in [3.63, 3.8) is 0 Å². The number of carbonyl (C=O) groups is 2. The summed E-state index contributed by atoms with van der Waals surface area (Å²) in [4.78, 5) is 24.9. The lowest BCUT2D eigenvalue weighted by molar-refractivity contribution is -0.146. The van der Waals surface area contributed by atoms with E-state index in [2.05, 4.69) is 10.5 Å². The van der Waals surface area contributed by atoms with Crippen molar-refractivity contribution in [3.8, 4) is 22.5 Å². The van der Waals surface area contributed by atoms with Crippen LogP contribution >= 0.6 is 0 Å². The van der Waals surface area contributed by atoms with Crippen LogP contribution in [0.3, 0.4) is 0 Å². The van der Waals surface area contributed by atoms with Gasteiger partial charge in [0.2, 0.25) is 0 Å². The Labute approximate surface area is 240 Å². The molecule has 0 aliphatic heterocycles. The van der Waals surface area contributed by atoms with Gasteiger partial charge < -0.3 is 14.0 Å². The van der Waals surface area contributed by atoms with Crippen molar-refractivity contribution in [2.24, 2.45) is 0 Å². The van der Waals surface area contributed by atoms with Crippen molar-refractivity contribution < 1.29 is 36.8 Å². The summed E-state index contributed by atoms with van der Waals surface area (Å²) >= 11 is 0. The number of benzene rings is 3. The molecule has 1 N–H and O–H groups in total. The van der Waals surface area contributed by atoms with Gasteiger partial charge in [-0.15, -0.1) is 0 Å². The maximum Gasteiger partial charge on any atom is 0.416 e. The summed E-state index contributed by atoms with van der Waals surface area (Å²) in [5.74, 6) is 0.142. The third-order valence-corrected chi connectivity index (χ3v) is 7.35. The lowest BCUT2D eigenvalue weighted by atomic mass is 9.93. The topological polar surface area (TPSA) is 90.7 Å². The van der Waals surface area contributed by atoms with Gasteiger partial charge in [-0.05, 0) is 55.0 Å². The highest BCUT2D eigenvalue weighted by molar-refractivity contribution is 5.91. The molecule has 1 saturated carbocycles. The monoisotopic (exact) mass is 578 g/mol. The standard InChI is InChI=1S/C32H29F3N2O5/c1-3-40-29(38)31(17-18-31)25-14-12-22(13-15-25)21-8-10-24(11-9-21)28-27(20(2)37-42-28)36-30(39)41-19-16-23-6-4-5-7-26(23)32(33,34)35/h4-15H,3,16-19H2,1-2H3,(H,36,39). The molecule has 0 bridgehead atoms. The number of nitrogens with one attached hydrogen (secondary N) is 1. The molecule has 4 aromatic rings. The molecule has 0 saturated heterocycles. The van der Waals surface area contributed by atoms with E-state index in [9.17, 15) is 22.8 Å². The van der Waals surface area contributed by atoms with Gasteiger partial charge in [-0.3, -0.25) is 10.1 Å². The van der Waals surface area contributed by atoms with Crippen molar-refractivity contribution in [1.29, 1.82) is 0 Å². The second-order valence-corrected chi connectivity index (χ2v) is 10.1. The predicted molar refractivity (Wildman–Crippen MR) is 150 cm³/mol. The van der Waals surface area contributed by atoms with Gasteiger partial charge in [0, 0.05) is 12.0 Å². The van der Waals surface area contributed by atoms with Crippen LogP contribution in [0, 0.1) is 6.92 Å². The van der Waals surface area contributed by atoms with Crippen LogP contribution in [-0.4, -0.2) is 30.4 Å². The van der Waals surface area contributed by atoms with Crippen LogP contribution in [0.4, 0.5) is 23.7 Å². The van der Waals surface area contributed by atoms with E-state index in [1.807, 2.05) is 48.5 Å². The quantitative estimate of drug-likeness (QED) is 0.205. The van der Waals surface area contributed by atoms with Gasteiger partial charge in [0.1, 0.15) is 11.4 Å². The summed E-state index contributed by atoms with van der Waals surface area (Å²) in [6, 6.07) is 20.5. The molecule has 1 amide bonds. The van der Waals surface area contributed by atoms with Crippen LogP contribution in [0.15, 0.2) is 77.3 Å². The van der Waals surface area contributed by atoms with Gasteiger partial charge in [-0.25, -0.2) is 4.79 Å². The van der Waals surface area contributed by atoms with Crippen molar-refractivity contribution in [2.75, 3.05) is 18.5 Å². The normalized spacial score (nSPS) is 13.8. The third kappa shape index (κ3) is 6.02. The second-order valence-electron chi connectivity index (χ2n) is 10.1. The summed E-state index contributed by atoms with van der Waals surface area (Å²) in [7, 11) is 0. The Morgan fingerprint density at radius 2 is 1.55 bits per heavy atom. The average Bonchev–Trinajstić information content (AvgIpc) is 3.72. The summed E-state index contributed by atoms with van der Waals surface area (Å²) < 4.78 is 55.5. The molecular formula is C32H29F3N2O5. The first kappa shape index (κ1) is 28.9. The fourth-order valence-electron chi connectivity index (χ4n) is 4.92. The average molecular weight is 579 g/mol. The molecule has 1 aliphatic rings. The Morgan fingerprint density at radius 1 is 0.929 bits per heavy atom. The lowest BCUT2D eigenvalue weighted by Crippen LogP contribution is -2.23. The number of carbonyl (C=O) groups excluding carboxylic acids is 2. The number of halogens is 3. The smallest absolute Gasteiger partial charge is 0.416 e. The number of aromatic nitrogens is 1. The highest BCUT2D eigenvalue weighted by Crippen LogP contribution is 2.49. The molecule has 1 aromatic heterocycles. The molecule has 1 aliphatic carbocycles. The Hall–Kier alpha value is -4.60. The van der Waals surface area contributed by atoms with Gasteiger partial charge in [0.25, 0.3) is 0 Å². The Morgan fingerprint density at radius 3 is 2.17 bits per heavy atom. The first-order valence-corrected chi connectivity index (χ1v) is 13.6. The molecule has 42 heavy (non-hydrogen) atoms. The van der Waals surface area contributed by atoms with Crippen LogP contribution < -0.4 is 5.32 Å².